The summed E-state index contributed by atoms with van der Waals surface area (Å²) in [7, 11) is 0. The Bertz CT molecular complexity index is 313. The second kappa shape index (κ2) is 4.90. The van der Waals surface area contributed by atoms with Crippen molar-refractivity contribution in [3.63, 3.8) is 0 Å². The van der Waals surface area contributed by atoms with Gasteiger partial charge in [-0.1, -0.05) is 0 Å². The average molecular weight is 215 g/mol. The first-order chi connectivity index (χ1) is 6.63. The number of esters is 1. The minimum Gasteiger partial charge on any atom is -0.464 e. The number of anilines is 1. The minimum absolute atomic E-state index is 0.277. The summed E-state index contributed by atoms with van der Waals surface area (Å²) < 4.78 is 8.83. The first-order valence-electron chi connectivity index (χ1n) is 4.37. The molecule has 1 aromatic heterocycles. The molecule has 0 aromatic carbocycles. The number of nitrogens with zero attached hydrogens (tertiary/aromatic N) is 2. The number of nitrogens with one attached hydrogen (secondary N) is 1. The molecule has 0 radical (unpaired) electrons. The van der Waals surface area contributed by atoms with Crippen LogP contribution < -0.4 is 5.32 Å². The molecule has 0 spiro atoms. The molecule has 1 N–H and O–H groups in total. The molecule has 1 heterocycles. The van der Waals surface area contributed by atoms with Crippen LogP contribution in [0.15, 0.2) is 0 Å². The summed E-state index contributed by atoms with van der Waals surface area (Å²) in [6.07, 6.45) is 0. The van der Waals surface area contributed by atoms with Crippen LogP contribution in [0.25, 0.3) is 0 Å². The zero-order chi connectivity index (χ0) is 10.6. The van der Waals surface area contributed by atoms with Crippen molar-refractivity contribution in [2.24, 2.45) is 0 Å². The molecule has 78 valence electrons. The fourth-order valence-electron chi connectivity index (χ4n) is 0.867. The Morgan fingerprint density at radius 2 is 2.43 bits per heavy atom. The molecular formula is C8H13N3O2S. The van der Waals surface area contributed by atoms with Crippen LogP contribution in [0.4, 0.5) is 5.13 Å². The van der Waals surface area contributed by atoms with E-state index in [1.165, 1.54) is 11.5 Å². The Balaban J connectivity index is 2.48. The second-order valence-electron chi connectivity index (χ2n) is 2.76. The summed E-state index contributed by atoms with van der Waals surface area (Å²) >= 11 is 1.23. The van der Waals surface area contributed by atoms with Crippen LogP contribution in [-0.2, 0) is 9.53 Å². The maximum atomic E-state index is 11.2. The van der Waals surface area contributed by atoms with Gasteiger partial charge in [0.1, 0.15) is 11.9 Å². The van der Waals surface area contributed by atoms with Gasteiger partial charge in [-0.2, -0.15) is 4.37 Å². The third kappa shape index (κ3) is 2.95. The smallest absolute Gasteiger partial charge is 0.328 e. The molecule has 1 atom stereocenters. The van der Waals surface area contributed by atoms with Crippen molar-refractivity contribution in [1.29, 1.82) is 0 Å². The number of ether oxygens (including phenoxy) is 1. The Hall–Kier alpha value is -1.17. The van der Waals surface area contributed by atoms with Gasteiger partial charge in [-0.3, -0.25) is 0 Å². The molecule has 0 saturated heterocycles. The molecule has 0 unspecified atom stereocenters. The molecule has 14 heavy (non-hydrogen) atoms. The van der Waals surface area contributed by atoms with E-state index in [1.54, 1.807) is 20.8 Å². The first kappa shape index (κ1) is 10.9. The maximum absolute atomic E-state index is 11.2. The molecule has 0 fully saturated rings. The van der Waals surface area contributed by atoms with Gasteiger partial charge in [-0.15, -0.1) is 0 Å². The maximum Gasteiger partial charge on any atom is 0.328 e. The topological polar surface area (TPSA) is 64.1 Å². The normalized spacial score (nSPS) is 12.2. The van der Waals surface area contributed by atoms with Gasteiger partial charge in [0.25, 0.3) is 0 Å². The minimum atomic E-state index is -0.387. The lowest BCUT2D eigenvalue weighted by atomic mass is 10.3. The zero-order valence-electron chi connectivity index (χ0n) is 8.40. The van der Waals surface area contributed by atoms with Crippen LogP contribution in [0.3, 0.4) is 0 Å². The first-order valence-corrected chi connectivity index (χ1v) is 5.14. The highest BCUT2D eigenvalue weighted by atomic mass is 32.1. The highest BCUT2D eigenvalue weighted by molar-refractivity contribution is 7.09. The SMILES string of the molecule is CCOC(=O)[C@H](C)Nc1nc(C)ns1. The number of carbonyl (C=O) groups excluding carboxylic acids is 1. The quantitative estimate of drug-likeness (QED) is 0.765. The third-order valence-corrected chi connectivity index (χ3v) is 2.25. The summed E-state index contributed by atoms with van der Waals surface area (Å²) in [4.78, 5) is 15.3. The van der Waals surface area contributed by atoms with E-state index in [4.69, 9.17) is 4.74 Å². The van der Waals surface area contributed by atoms with E-state index in [0.29, 0.717) is 17.6 Å². The van der Waals surface area contributed by atoms with Crippen LogP contribution in [0, 0.1) is 6.92 Å². The van der Waals surface area contributed by atoms with E-state index >= 15 is 0 Å². The number of aryl methyl sites for hydroxylation is 1. The predicted molar refractivity (Wildman–Crippen MR) is 54.4 cm³/mol. The van der Waals surface area contributed by atoms with Crippen molar-refractivity contribution in [3.05, 3.63) is 5.82 Å². The van der Waals surface area contributed by atoms with Gasteiger partial charge < -0.3 is 10.1 Å². The van der Waals surface area contributed by atoms with Crippen LogP contribution in [-0.4, -0.2) is 28.0 Å². The van der Waals surface area contributed by atoms with Gasteiger partial charge in [0.05, 0.1) is 6.61 Å². The van der Waals surface area contributed by atoms with Gasteiger partial charge in [0.15, 0.2) is 0 Å². The van der Waals surface area contributed by atoms with Crippen molar-refractivity contribution >= 4 is 22.6 Å². The molecule has 1 rings (SSSR count). The largest absolute Gasteiger partial charge is 0.464 e. The number of hydrogen-bond acceptors (Lipinski definition) is 6. The summed E-state index contributed by atoms with van der Waals surface area (Å²) in [5.41, 5.74) is 0. The fraction of sp³-hybridized carbons (Fsp3) is 0.625. The summed E-state index contributed by atoms with van der Waals surface area (Å²) in [6.45, 7) is 5.70. The van der Waals surface area contributed by atoms with Crippen LogP contribution in [0.1, 0.15) is 19.7 Å². The molecular weight excluding hydrogens is 202 g/mol. The lowest BCUT2D eigenvalue weighted by molar-refractivity contribution is -0.143. The van der Waals surface area contributed by atoms with Crippen molar-refractivity contribution < 1.29 is 9.53 Å². The van der Waals surface area contributed by atoms with Crippen LogP contribution in [0.2, 0.25) is 0 Å². The van der Waals surface area contributed by atoms with Gasteiger partial charge in [0.2, 0.25) is 5.13 Å². The highest BCUT2D eigenvalue weighted by Gasteiger charge is 2.14. The number of carbonyl (C=O) groups is 1. The predicted octanol–water partition coefficient (Wildman–Crippen LogP) is 1.21. The zero-order valence-corrected chi connectivity index (χ0v) is 9.22. The summed E-state index contributed by atoms with van der Waals surface area (Å²) in [5.74, 6) is 0.425. The molecule has 6 heteroatoms. The lowest BCUT2D eigenvalue weighted by Gasteiger charge is -2.10. The summed E-state index contributed by atoms with van der Waals surface area (Å²) in [6, 6.07) is -0.387. The van der Waals surface area contributed by atoms with Crippen molar-refractivity contribution in [3.8, 4) is 0 Å². The van der Waals surface area contributed by atoms with E-state index in [-0.39, 0.29) is 12.0 Å². The fourth-order valence-corrected chi connectivity index (χ4v) is 1.53. The van der Waals surface area contributed by atoms with E-state index in [2.05, 4.69) is 14.7 Å². The average Bonchev–Trinajstić information content (AvgIpc) is 2.51. The molecule has 0 bridgehead atoms. The molecule has 5 nitrogen and oxygen atoms in total. The van der Waals surface area contributed by atoms with Crippen molar-refractivity contribution in [2.75, 3.05) is 11.9 Å². The van der Waals surface area contributed by atoms with E-state index in [0.717, 1.165) is 0 Å². The molecule has 0 saturated carbocycles. The Labute approximate surface area is 86.7 Å². The van der Waals surface area contributed by atoms with E-state index < -0.39 is 0 Å². The van der Waals surface area contributed by atoms with Crippen LogP contribution in [0.5, 0.6) is 0 Å². The highest BCUT2D eigenvalue weighted by Crippen LogP contribution is 2.11. The molecule has 1 aromatic rings. The van der Waals surface area contributed by atoms with E-state index in [1.807, 2.05) is 0 Å². The van der Waals surface area contributed by atoms with Gasteiger partial charge >= 0.3 is 5.97 Å². The van der Waals surface area contributed by atoms with Gasteiger partial charge in [-0.05, 0) is 20.8 Å². The van der Waals surface area contributed by atoms with E-state index in [9.17, 15) is 4.79 Å². The molecule has 0 aliphatic rings. The number of aromatic nitrogens is 2. The standard InChI is InChI=1S/C8H13N3O2S/c1-4-13-7(12)5(2)9-8-10-6(3)11-14-8/h5H,4H2,1-3H3,(H,9,10,11)/t5-/m0/s1. The molecule has 0 amide bonds. The monoisotopic (exact) mass is 215 g/mol. The van der Waals surface area contributed by atoms with Crippen molar-refractivity contribution in [1.82, 2.24) is 9.36 Å². The van der Waals surface area contributed by atoms with Crippen LogP contribution >= 0.6 is 11.5 Å². The Kier molecular flexibility index (Phi) is 3.82. The van der Waals surface area contributed by atoms with Gasteiger partial charge in [0, 0.05) is 11.5 Å². The Morgan fingerprint density at radius 3 is 2.93 bits per heavy atom. The molecule has 0 aliphatic carbocycles. The summed E-state index contributed by atoms with van der Waals surface area (Å²) in [5, 5.41) is 3.56. The third-order valence-electron chi connectivity index (χ3n) is 1.51. The second-order valence-corrected chi connectivity index (χ2v) is 3.52. The number of rotatable bonds is 4. The number of hydrogen-bond donors (Lipinski definition) is 1. The lowest BCUT2D eigenvalue weighted by Crippen LogP contribution is -2.28. The van der Waals surface area contributed by atoms with Crippen molar-refractivity contribution in [2.45, 2.75) is 26.8 Å². The Morgan fingerprint density at radius 1 is 1.71 bits per heavy atom. The molecule has 0 aliphatic heterocycles. The van der Waals surface area contributed by atoms with Gasteiger partial charge in [-0.25, -0.2) is 9.78 Å².